The van der Waals surface area contributed by atoms with Gasteiger partial charge in [-0.25, -0.2) is 8.78 Å². The molecule has 0 fully saturated rings. The minimum atomic E-state index is -4.72. The van der Waals surface area contributed by atoms with E-state index in [0.717, 1.165) is 12.1 Å². The summed E-state index contributed by atoms with van der Waals surface area (Å²) in [6.45, 7) is 0.417. The van der Waals surface area contributed by atoms with Crippen LogP contribution in [0.2, 0.25) is 0 Å². The molecule has 0 radical (unpaired) electrons. The highest BCUT2D eigenvalue weighted by molar-refractivity contribution is 5.81. The summed E-state index contributed by atoms with van der Waals surface area (Å²) in [6.07, 6.45) is -5.21. The van der Waals surface area contributed by atoms with E-state index in [1.165, 1.54) is 0 Å². The van der Waals surface area contributed by atoms with E-state index in [1.54, 1.807) is 0 Å². The Bertz CT molecular complexity index is 776. The Balaban J connectivity index is 2.24. The Kier molecular flexibility index (Phi) is 4.08. The smallest absolute Gasteiger partial charge is 0.417 e. The molecule has 0 saturated heterocycles. The zero-order valence-corrected chi connectivity index (χ0v) is 12.3. The third-order valence-electron chi connectivity index (χ3n) is 3.70. The van der Waals surface area contributed by atoms with Gasteiger partial charge in [0.1, 0.15) is 17.7 Å². The Labute approximate surface area is 134 Å². The van der Waals surface area contributed by atoms with Gasteiger partial charge >= 0.3 is 6.18 Å². The lowest BCUT2D eigenvalue weighted by Gasteiger charge is -2.29. The van der Waals surface area contributed by atoms with Gasteiger partial charge in [0.25, 0.3) is 0 Å². The van der Waals surface area contributed by atoms with Gasteiger partial charge in [0.2, 0.25) is 0 Å². The number of hydrogen-bond acceptors (Lipinski definition) is 3. The highest BCUT2D eigenvalue weighted by Crippen LogP contribution is 2.45. The maximum atomic E-state index is 13.9. The summed E-state index contributed by atoms with van der Waals surface area (Å²) in [4.78, 5) is 0. The molecule has 1 atom stereocenters. The Morgan fingerprint density at radius 1 is 1.08 bits per heavy atom. The standard InChI is InChI=1S/C16H13F5N2O/c17-8-1-2-13(16(19,20)21)11(3-8)12-4-9(18)5-14-15(12)24-10(6-22)7-23-14/h1-5,10,23H,6-7,22H2/t10-/m1/s1. The van der Waals surface area contributed by atoms with Gasteiger partial charge in [0, 0.05) is 23.7 Å². The van der Waals surface area contributed by atoms with Crippen molar-refractivity contribution in [1.29, 1.82) is 0 Å². The Hall–Kier alpha value is -2.35. The van der Waals surface area contributed by atoms with Gasteiger partial charge < -0.3 is 15.8 Å². The maximum Gasteiger partial charge on any atom is 0.417 e. The van der Waals surface area contributed by atoms with E-state index >= 15 is 0 Å². The average molecular weight is 344 g/mol. The number of nitrogens with two attached hydrogens (primary N) is 1. The molecule has 24 heavy (non-hydrogen) atoms. The number of anilines is 1. The summed E-state index contributed by atoms with van der Waals surface area (Å²) in [5.41, 5.74) is 3.98. The molecule has 2 aromatic rings. The predicted molar refractivity (Wildman–Crippen MR) is 78.8 cm³/mol. The Morgan fingerprint density at radius 3 is 2.46 bits per heavy atom. The van der Waals surface area contributed by atoms with E-state index in [9.17, 15) is 22.0 Å². The number of alkyl halides is 3. The van der Waals surface area contributed by atoms with Crippen molar-refractivity contribution in [2.45, 2.75) is 12.3 Å². The largest absolute Gasteiger partial charge is 0.484 e. The molecule has 2 aromatic carbocycles. The van der Waals surface area contributed by atoms with Crippen molar-refractivity contribution in [3.63, 3.8) is 0 Å². The van der Waals surface area contributed by atoms with Crippen LogP contribution in [0.25, 0.3) is 11.1 Å². The predicted octanol–water partition coefficient (Wildman–Crippen LogP) is 3.78. The molecule has 1 aliphatic rings. The van der Waals surface area contributed by atoms with Crippen LogP contribution in [0.3, 0.4) is 0 Å². The van der Waals surface area contributed by atoms with Crippen LogP contribution in [-0.2, 0) is 6.18 Å². The zero-order chi connectivity index (χ0) is 17.5. The molecule has 1 aliphatic heterocycles. The van der Waals surface area contributed by atoms with E-state index < -0.39 is 35.0 Å². The Morgan fingerprint density at radius 2 is 1.79 bits per heavy atom. The van der Waals surface area contributed by atoms with Gasteiger partial charge in [0.05, 0.1) is 17.8 Å². The third kappa shape index (κ3) is 3.01. The second kappa shape index (κ2) is 5.94. The number of rotatable bonds is 2. The molecule has 0 amide bonds. The van der Waals surface area contributed by atoms with E-state index in [-0.39, 0.29) is 23.5 Å². The van der Waals surface area contributed by atoms with E-state index in [0.29, 0.717) is 24.7 Å². The van der Waals surface area contributed by atoms with Gasteiger partial charge in [-0.2, -0.15) is 13.2 Å². The summed E-state index contributed by atoms with van der Waals surface area (Å²) in [6, 6.07) is 4.05. The van der Waals surface area contributed by atoms with Crippen molar-refractivity contribution < 1.29 is 26.7 Å². The molecule has 0 bridgehead atoms. The fourth-order valence-electron chi connectivity index (χ4n) is 2.60. The number of halogens is 5. The topological polar surface area (TPSA) is 47.3 Å². The number of fused-ring (bicyclic) bond motifs is 1. The van der Waals surface area contributed by atoms with Crippen LogP contribution >= 0.6 is 0 Å². The van der Waals surface area contributed by atoms with Crippen molar-refractivity contribution in [3.8, 4) is 16.9 Å². The molecule has 8 heteroatoms. The fraction of sp³-hybridized carbons (Fsp3) is 0.250. The van der Waals surface area contributed by atoms with Gasteiger partial charge in [-0.05, 0) is 24.3 Å². The first-order valence-corrected chi connectivity index (χ1v) is 7.11. The van der Waals surface area contributed by atoms with Crippen LogP contribution in [0.5, 0.6) is 5.75 Å². The first kappa shape index (κ1) is 16.5. The first-order valence-electron chi connectivity index (χ1n) is 7.11. The minimum Gasteiger partial charge on any atom is -0.484 e. The molecule has 3 rings (SSSR count). The van der Waals surface area contributed by atoms with Crippen LogP contribution in [0.15, 0.2) is 30.3 Å². The molecular formula is C16H13F5N2O. The van der Waals surface area contributed by atoms with E-state index in [4.69, 9.17) is 10.5 Å². The van der Waals surface area contributed by atoms with Gasteiger partial charge in [-0.15, -0.1) is 0 Å². The number of benzene rings is 2. The van der Waals surface area contributed by atoms with E-state index in [1.807, 2.05) is 0 Å². The summed E-state index contributed by atoms with van der Waals surface area (Å²) >= 11 is 0. The van der Waals surface area contributed by atoms with Crippen LogP contribution in [0.4, 0.5) is 27.6 Å². The van der Waals surface area contributed by atoms with Crippen LogP contribution in [0, 0.1) is 11.6 Å². The van der Waals surface area contributed by atoms with Crippen LogP contribution < -0.4 is 15.8 Å². The molecule has 0 unspecified atom stereocenters. The van der Waals surface area contributed by atoms with Crippen LogP contribution in [-0.4, -0.2) is 19.2 Å². The lowest BCUT2D eigenvalue weighted by molar-refractivity contribution is -0.137. The average Bonchev–Trinajstić information content (AvgIpc) is 2.52. The lowest BCUT2D eigenvalue weighted by atomic mass is 9.96. The van der Waals surface area contributed by atoms with Crippen molar-refractivity contribution >= 4 is 5.69 Å². The van der Waals surface area contributed by atoms with Crippen molar-refractivity contribution in [2.75, 3.05) is 18.4 Å². The minimum absolute atomic E-state index is 0.0224. The van der Waals surface area contributed by atoms with E-state index in [2.05, 4.69) is 5.32 Å². The molecule has 0 spiro atoms. The highest BCUT2D eigenvalue weighted by Gasteiger charge is 2.35. The fourth-order valence-corrected chi connectivity index (χ4v) is 2.60. The van der Waals surface area contributed by atoms with Crippen molar-refractivity contribution in [2.24, 2.45) is 5.73 Å². The molecule has 128 valence electrons. The number of ether oxygens (including phenoxy) is 1. The SMILES string of the molecule is NC[C@@H]1CNc2cc(F)cc(-c3cc(F)ccc3C(F)(F)F)c2O1. The third-order valence-corrected chi connectivity index (χ3v) is 3.70. The first-order chi connectivity index (χ1) is 11.3. The van der Waals surface area contributed by atoms with Crippen LogP contribution in [0.1, 0.15) is 5.56 Å². The quantitative estimate of drug-likeness (QED) is 0.815. The zero-order valence-electron chi connectivity index (χ0n) is 12.3. The normalized spacial score (nSPS) is 17.0. The summed E-state index contributed by atoms with van der Waals surface area (Å²) in [5.74, 6) is -1.60. The second-order valence-corrected chi connectivity index (χ2v) is 5.37. The van der Waals surface area contributed by atoms with Gasteiger partial charge in [-0.3, -0.25) is 0 Å². The van der Waals surface area contributed by atoms with Gasteiger partial charge in [-0.1, -0.05) is 0 Å². The summed E-state index contributed by atoms with van der Waals surface area (Å²) in [5, 5.41) is 2.87. The molecule has 0 aliphatic carbocycles. The van der Waals surface area contributed by atoms with Gasteiger partial charge in [0.15, 0.2) is 5.75 Å². The van der Waals surface area contributed by atoms with Crippen molar-refractivity contribution in [3.05, 3.63) is 47.5 Å². The number of hydrogen-bond donors (Lipinski definition) is 2. The molecular weight excluding hydrogens is 331 g/mol. The summed E-state index contributed by atoms with van der Waals surface area (Å²) in [7, 11) is 0. The second-order valence-electron chi connectivity index (χ2n) is 5.37. The molecule has 3 nitrogen and oxygen atoms in total. The lowest BCUT2D eigenvalue weighted by Crippen LogP contribution is -2.37. The molecule has 0 aromatic heterocycles. The molecule has 1 heterocycles. The van der Waals surface area contributed by atoms with Crippen molar-refractivity contribution in [1.82, 2.24) is 0 Å². The highest BCUT2D eigenvalue weighted by atomic mass is 19.4. The monoisotopic (exact) mass is 344 g/mol. The summed E-state index contributed by atoms with van der Waals surface area (Å²) < 4.78 is 72.7. The maximum absolute atomic E-state index is 13.9. The molecule has 0 saturated carbocycles. The molecule has 3 N–H and O–H groups in total. The number of nitrogens with one attached hydrogen (secondary N) is 1.